The second kappa shape index (κ2) is 8.42. The Morgan fingerprint density at radius 3 is 2.39 bits per heavy atom. The Bertz CT molecular complexity index is 1430. The summed E-state index contributed by atoms with van der Waals surface area (Å²) >= 11 is 0. The van der Waals surface area contributed by atoms with Crippen LogP contribution in [0.4, 0.5) is 4.39 Å². The van der Waals surface area contributed by atoms with Crippen molar-refractivity contribution in [3.05, 3.63) is 84.4 Å². The second-order valence-corrected chi connectivity index (χ2v) is 9.58. The fourth-order valence-corrected chi connectivity index (χ4v) is 5.48. The lowest BCUT2D eigenvalue weighted by atomic mass is 10.1. The number of amides is 1. The summed E-state index contributed by atoms with van der Waals surface area (Å²) in [6, 6.07) is 17.9. The predicted molar refractivity (Wildman–Crippen MR) is 121 cm³/mol. The molecule has 33 heavy (non-hydrogen) atoms. The van der Waals surface area contributed by atoms with Gasteiger partial charge < -0.3 is 9.32 Å². The molecule has 0 saturated carbocycles. The van der Waals surface area contributed by atoms with Crippen LogP contribution in [-0.2, 0) is 10.0 Å². The number of hydrogen-bond acceptors (Lipinski definition) is 5. The number of halogens is 1. The third kappa shape index (κ3) is 3.90. The van der Waals surface area contributed by atoms with Crippen molar-refractivity contribution in [1.29, 1.82) is 0 Å². The SMILES string of the molecule is O=C(c1cc(-c2ccco2)nc2ccccc12)N1CCN(S(=O)(=O)c2ccccc2F)CC1. The van der Waals surface area contributed by atoms with Gasteiger partial charge >= 0.3 is 0 Å². The maximum Gasteiger partial charge on any atom is 0.254 e. The van der Waals surface area contributed by atoms with Gasteiger partial charge in [0.1, 0.15) is 16.4 Å². The molecule has 4 aromatic rings. The number of rotatable bonds is 4. The van der Waals surface area contributed by atoms with Gasteiger partial charge in [-0.2, -0.15) is 4.31 Å². The lowest BCUT2D eigenvalue weighted by molar-refractivity contribution is 0.0699. The number of piperazine rings is 1. The number of furan rings is 1. The van der Waals surface area contributed by atoms with Crippen molar-refractivity contribution in [2.24, 2.45) is 0 Å². The molecule has 0 N–H and O–H groups in total. The number of carbonyl (C=O) groups is 1. The smallest absolute Gasteiger partial charge is 0.254 e. The van der Waals surface area contributed by atoms with E-state index in [-0.39, 0.29) is 37.0 Å². The van der Waals surface area contributed by atoms with E-state index in [1.54, 1.807) is 29.4 Å². The number of sulfonamides is 1. The molecule has 1 saturated heterocycles. The molecule has 0 spiro atoms. The minimum Gasteiger partial charge on any atom is -0.463 e. The zero-order valence-corrected chi connectivity index (χ0v) is 18.3. The van der Waals surface area contributed by atoms with Gasteiger partial charge in [-0.1, -0.05) is 30.3 Å². The molecule has 1 aliphatic heterocycles. The number of benzene rings is 2. The highest BCUT2D eigenvalue weighted by atomic mass is 32.2. The maximum atomic E-state index is 14.1. The van der Waals surface area contributed by atoms with E-state index < -0.39 is 15.8 Å². The van der Waals surface area contributed by atoms with Gasteiger partial charge in [-0.25, -0.2) is 17.8 Å². The third-order valence-electron chi connectivity index (χ3n) is 5.70. The van der Waals surface area contributed by atoms with Gasteiger partial charge in [-0.15, -0.1) is 0 Å². The van der Waals surface area contributed by atoms with Crippen LogP contribution < -0.4 is 0 Å². The van der Waals surface area contributed by atoms with E-state index in [4.69, 9.17) is 4.42 Å². The van der Waals surface area contributed by atoms with Crippen LogP contribution in [0.15, 0.2) is 82.3 Å². The fraction of sp³-hybridized carbons (Fsp3) is 0.167. The van der Waals surface area contributed by atoms with Crippen LogP contribution in [-0.4, -0.2) is 54.7 Å². The lowest BCUT2D eigenvalue weighted by Crippen LogP contribution is -2.50. The Kier molecular flexibility index (Phi) is 5.43. The van der Waals surface area contributed by atoms with Gasteiger partial charge in [0, 0.05) is 31.6 Å². The molecule has 0 bridgehead atoms. The van der Waals surface area contributed by atoms with Gasteiger partial charge in [0.15, 0.2) is 5.76 Å². The topological polar surface area (TPSA) is 83.7 Å². The molecular weight excluding hydrogens is 445 g/mol. The quantitative estimate of drug-likeness (QED) is 0.458. The molecule has 2 aromatic carbocycles. The first-order chi connectivity index (χ1) is 15.9. The van der Waals surface area contributed by atoms with Crippen molar-refractivity contribution in [1.82, 2.24) is 14.2 Å². The van der Waals surface area contributed by atoms with Crippen LogP contribution in [0, 0.1) is 5.82 Å². The molecule has 168 valence electrons. The highest BCUT2D eigenvalue weighted by Gasteiger charge is 2.32. The highest BCUT2D eigenvalue weighted by molar-refractivity contribution is 7.89. The summed E-state index contributed by atoms with van der Waals surface area (Å²) in [6.07, 6.45) is 1.54. The number of para-hydroxylation sites is 1. The average molecular weight is 466 g/mol. The summed E-state index contributed by atoms with van der Waals surface area (Å²) in [5.74, 6) is -0.454. The summed E-state index contributed by atoms with van der Waals surface area (Å²) in [4.78, 5) is 19.3. The first-order valence-corrected chi connectivity index (χ1v) is 11.9. The summed E-state index contributed by atoms with van der Waals surface area (Å²) in [5.41, 5.74) is 1.68. The molecule has 0 radical (unpaired) electrons. The number of aromatic nitrogens is 1. The lowest BCUT2D eigenvalue weighted by Gasteiger charge is -2.34. The molecule has 3 heterocycles. The van der Waals surface area contributed by atoms with Crippen LogP contribution >= 0.6 is 0 Å². The molecular formula is C24H20FN3O4S. The first-order valence-electron chi connectivity index (χ1n) is 10.4. The van der Waals surface area contributed by atoms with Crippen LogP contribution in [0.2, 0.25) is 0 Å². The van der Waals surface area contributed by atoms with E-state index in [2.05, 4.69) is 4.98 Å². The molecule has 0 aliphatic carbocycles. The van der Waals surface area contributed by atoms with Crippen LogP contribution in [0.5, 0.6) is 0 Å². The van der Waals surface area contributed by atoms with E-state index in [1.807, 2.05) is 24.3 Å². The molecule has 9 heteroatoms. The minimum atomic E-state index is -3.98. The van der Waals surface area contributed by atoms with Gasteiger partial charge in [-0.05, 0) is 36.4 Å². The molecule has 1 aliphatic rings. The molecule has 1 fully saturated rings. The van der Waals surface area contributed by atoms with E-state index in [1.165, 1.54) is 22.5 Å². The van der Waals surface area contributed by atoms with Crippen LogP contribution in [0.3, 0.4) is 0 Å². The maximum absolute atomic E-state index is 14.1. The average Bonchev–Trinajstić information content (AvgIpc) is 3.38. The van der Waals surface area contributed by atoms with Gasteiger partial charge in [0.2, 0.25) is 10.0 Å². The van der Waals surface area contributed by atoms with Crippen molar-refractivity contribution in [3.8, 4) is 11.5 Å². The van der Waals surface area contributed by atoms with Crippen molar-refractivity contribution >= 4 is 26.8 Å². The van der Waals surface area contributed by atoms with Crippen molar-refractivity contribution in [2.45, 2.75) is 4.90 Å². The third-order valence-corrected chi connectivity index (χ3v) is 7.63. The number of pyridine rings is 1. The van der Waals surface area contributed by atoms with Crippen molar-refractivity contribution < 1.29 is 22.0 Å². The number of hydrogen-bond donors (Lipinski definition) is 0. The molecule has 2 aromatic heterocycles. The van der Waals surface area contributed by atoms with Crippen LogP contribution in [0.1, 0.15) is 10.4 Å². The number of carbonyl (C=O) groups excluding carboxylic acids is 1. The van der Waals surface area contributed by atoms with Gasteiger partial charge in [-0.3, -0.25) is 4.79 Å². The summed E-state index contributed by atoms with van der Waals surface area (Å²) in [5, 5.41) is 0.708. The first kappa shape index (κ1) is 21.3. The highest BCUT2D eigenvalue weighted by Crippen LogP contribution is 2.27. The zero-order chi connectivity index (χ0) is 23.0. The predicted octanol–water partition coefficient (Wildman–Crippen LogP) is 3.78. The van der Waals surface area contributed by atoms with Gasteiger partial charge in [0.05, 0.1) is 17.3 Å². The van der Waals surface area contributed by atoms with E-state index in [0.717, 1.165) is 6.07 Å². The molecule has 0 unspecified atom stereocenters. The minimum absolute atomic E-state index is 0.0798. The molecule has 0 atom stereocenters. The van der Waals surface area contributed by atoms with Crippen molar-refractivity contribution in [3.63, 3.8) is 0 Å². The van der Waals surface area contributed by atoms with E-state index in [0.29, 0.717) is 27.9 Å². The van der Waals surface area contributed by atoms with E-state index >= 15 is 0 Å². The second-order valence-electron chi connectivity index (χ2n) is 7.68. The summed E-state index contributed by atoms with van der Waals surface area (Å²) in [6.45, 7) is 0.547. The Morgan fingerprint density at radius 1 is 0.939 bits per heavy atom. The molecule has 5 rings (SSSR count). The Morgan fingerprint density at radius 2 is 1.67 bits per heavy atom. The Labute approximate surface area is 190 Å². The molecule has 7 nitrogen and oxygen atoms in total. The normalized spacial score (nSPS) is 15.1. The van der Waals surface area contributed by atoms with Crippen LogP contribution in [0.25, 0.3) is 22.4 Å². The Balaban J connectivity index is 1.41. The number of nitrogens with zero attached hydrogens (tertiary/aromatic N) is 3. The summed E-state index contributed by atoms with van der Waals surface area (Å²) < 4.78 is 46.5. The Hall–Kier alpha value is -3.56. The molecule has 1 amide bonds. The summed E-state index contributed by atoms with van der Waals surface area (Å²) in [7, 11) is -3.98. The fourth-order valence-electron chi connectivity index (χ4n) is 4.00. The monoisotopic (exact) mass is 465 g/mol. The van der Waals surface area contributed by atoms with E-state index in [9.17, 15) is 17.6 Å². The largest absolute Gasteiger partial charge is 0.463 e. The number of fused-ring (bicyclic) bond motifs is 1. The zero-order valence-electron chi connectivity index (χ0n) is 17.5. The van der Waals surface area contributed by atoms with Gasteiger partial charge in [0.25, 0.3) is 5.91 Å². The standard InChI is InChI=1S/C24H20FN3O4S/c25-19-7-2-4-10-23(19)33(30,31)28-13-11-27(12-14-28)24(29)18-16-21(22-9-5-15-32-22)26-20-8-3-1-6-17(18)20/h1-10,15-16H,11-14H2. The van der Waals surface area contributed by atoms with Crippen molar-refractivity contribution in [2.75, 3.05) is 26.2 Å².